The zero-order chi connectivity index (χ0) is 28.5. The van der Waals surface area contributed by atoms with Gasteiger partial charge in [0.05, 0.1) is 35.4 Å². The number of aliphatic hydroxyl groups excluding tert-OH is 1. The van der Waals surface area contributed by atoms with Crippen LogP contribution in [0.2, 0.25) is 0 Å². The van der Waals surface area contributed by atoms with Gasteiger partial charge >= 0.3 is 0 Å². The zero-order valence-electron chi connectivity index (χ0n) is 24.5. The molecule has 0 amide bonds. The Hall–Kier alpha value is -3.23. The second kappa shape index (κ2) is 9.95. The number of hydrogen-bond acceptors (Lipinski definition) is 5. The van der Waals surface area contributed by atoms with Gasteiger partial charge in [-0.15, -0.1) is 0 Å². The number of aliphatic hydroxyl groups is 1. The number of guanidine groups is 1. The average molecular weight is 555 g/mol. The quantitative estimate of drug-likeness (QED) is 0.334. The predicted molar refractivity (Wildman–Crippen MR) is 163 cm³/mol. The largest absolute Gasteiger partial charge is 0.390 e. The van der Waals surface area contributed by atoms with Gasteiger partial charge in [-0.05, 0) is 72.3 Å². The van der Waals surface area contributed by atoms with E-state index in [0.717, 1.165) is 60.7 Å². The van der Waals surface area contributed by atoms with Gasteiger partial charge in [0.25, 0.3) is 5.56 Å². The Morgan fingerprint density at radius 3 is 2.78 bits per heavy atom. The van der Waals surface area contributed by atoms with Crippen molar-refractivity contribution in [1.29, 1.82) is 0 Å². The molecule has 0 radical (unpaired) electrons. The Balaban J connectivity index is 1.19. The van der Waals surface area contributed by atoms with Crippen molar-refractivity contribution >= 4 is 22.5 Å². The van der Waals surface area contributed by atoms with Crippen molar-refractivity contribution in [2.75, 3.05) is 25.0 Å². The number of nitrogens with zero attached hydrogens (tertiary/aromatic N) is 4. The van der Waals surface area contributed by atoms with Crippen molar-refractivity contribution < 1.29 is 5.11 Å². The molecule has 216 valence electrons. The van der Waals surface area contributed by atoms with Crippen molar-refractivity contribution in [3.63, 3.8) is 0 Å². The molecule has 41 heavy (non-hydrogen) atoms. The minimum atomic E-state index is -0.649. The molecule has 1 aromatic heterocycles. The van der Waals surface area contributed by atoms with Crippen molar-refractivity contribution in [3.05, 3.63) is 70.3 Å². The van der Waals surface area contributed by atoms with E-state index < -0.39 is 12.1 Å². The molecule has 8 nitrogen and oxygen atoms in total. The van der Waals surface area contributed by atoms with E-state index in [0.29, 0.717) is 40.7 Å². The first-order chi connectivity index (χ1) is 19.7. The van der Waals surface area contributed by atoms with E-state index in [1.54, 1.807) is 10.9 Å². The number of nitrogens with one attached hydrogen (secondary N) is 2. The molecule has 0 unspecified atom stereocenters. The number of aliphatic imine (C=N–C) groups is 1. The maximum Gasteiger partial charge on any atom is 0.261 e. The lowest BCUT2D eigenvalue weighted by Crippen LogP contribution is -2.57. The van der Waals surface area contributed by atoms with Crippen LogP contribution in [0.4, 0.5) is 5.69 Å². The fraction of sp³-hybridized carbons (Fsp3) is 0.545. The summed E-state index contributed by atoms with van der Waals surface area (Å²) in [6.07, 6.45) is 3.97. The van der Waals surface area contributed by atoms with Crippen LogP contribution in [0.25, 0.3) is 10.9 Å². The Morgan fingerprint density at radius 1 is 1.17 bits per heavy atom. The molecule has 8 rings (SSSR count). The highest BCUT2D eigenvalue weighted by atomic mass is 16.3. The smallest absolute Gasteiger partial charge is 0.261 e. The third kappa shape index (κ3) is 4.47. The summed E-state index contributed by atoms with van der Waals surface area (Å²) in [4.78, 5) is 26.1. The predicted octanol–water partition coefficient (Wildman–Crippen LogP) is 4.04. The average Bonchev–Trinajstić information content (AvgIpc) is 3.29. The molecule has 2 bridgehead atoms. The summed E-state index contributed by atoms with van der Waals surface area (Å²) in [6, 6.07) is 14.0. The fourth-order valence-corrected chi connectivity index (χ4v) is 8.20. The second-order valence-corrected chi connectivity index (χ2v) is 13.5. The van der Waals surface area contributed by atoms with Gasteiger partial charge in [-0.1, -0.05) is 45.0 Å². The lowest BCUT2D eigenvalue weighted by Gasteiger charge is -2.61. The highest BCUT2D eigenvalue weighted by Gasteiger charge is 2.56. The minimum Gasteiger partial charge on any atom is -0.390 e. The number of benzene rings is 2. The molecule has 0 spiro atoms. The van der Waals surface area contributed by atoms with Crippen LogP contribution in [0, 0.1) is 23.2 Å². The number of fused-ring (bicyclic) bond motifs is 4. The first kappa shape index (κ1) is 26.7. The standard InChI is InChI=1S/C33H42N6O2/c1-19-17-38(12-11-34-19)32(37-27-15-22-14-26(20(27)2)33(22,3)4)36-23-9-10-25-28(16-23)35-18-39(31(25)41)30-24-8-6-5-7-21(24)13-29(30)40/h5-10,16,18-20,22,26-27,29-30,34,40H,11-15,17H2,1-4H3,(H,36,37)/t19-,20+,22-,26-,27-,29-,30+/m0/s1. The van der Waals surface area contributed by atoms with E-state index in [1.807, 2.05) is 42.5 Å². The summed E-state index contributed by atoms with van der Waals surface area (Å²) >= 11 is 0. The van der Waals surface area contributed by atoms with Crippen molar-refractivity contribution in [2.24, 2.45) is 28.2 Å². The van der Waals surface area contributed by atoms with E-state index in [-0.39, 0.29) is 5.56 Å². The first-order valence-electron chi connectivity index (χ1n) is 15.3. The van der Waals surface area contributed by atoms with Crippen LogP contribution in [0.5, 0.6) is 0 Å². The third-order valence-corrected chi connectivity index (χ3v) is 10.8. The Morgan fingerprint density at radius 2 is 2.00 bits per heavy atom. The van der Waals surface area contributed by atoms with E-state index in [2.05, 4.69) is 43.2 Å². The first-order valence-corrected chi connectivity index (χ1v) is 15.3. The highest BCUT2D eigenvalue weighted by molar-refractivity contribution is 5.96. The molecule has 3 N–H and O–H groups in total. The van der Waals surface area contributed by atoms with Crippen LogP contribution in [-0.2, 0) is 6.42 Å². The maximum absolute atomic E-state index is 13.6. The summed E-state index contributed by atoms with van der Waals surface area (Å²) in [5.41, 5.74) is 3.89. The molecule has 2 heterocycles. The van der Waals surface area contributed by atoms with Crippen molar-refractivity contribution in [3.8, 4) is 0 Å². The molecule has 1 aliphatic heterocycles. The lowest BCUT2D eigenvalue weighted by atomic mass is 9.45. The normalized spacial score (nSPS) is 32.5. The van der Waals surface area contributed by atoms with E-state index >= 15 is 0 Å². The molecule has 4 aliphatic carbocycles. The summed E-state index contributed by atoms with van der Waals surface area (Å²) in [5.74, 6) is 2.96. The van der Waals surface area contributed by atoms with Gasteiger partial charge in [-0.3, -0.25) is 9.36 Å². The van der Waals surface area contributed by atoms with Crippen LogP contribution < -0.4 is 16.2 Å². The summed E-state index contributed by atoms with van der Waals surface area (Å²) < 4.78 is 1.60. The Labute approximate surface area is 241 Å². The summed E-state index contributed by atoms with van der Waals surface area (Å²) in [7, 11) is 0. The molecule has 8 heteroatoms. The van der Waals surface area contributed by atoms with Crippen LogP contribution in [0.15, 0.2) is 58.6 Å². The molecule has 5 aliphatic rings. The topological polar surface area (TPSA) is 94.8 Å². The molecule has 2 aromatic carbocycles. The molecule has 3 aromatic rings. The Kier molecular flexibility index (Phi) is 6.47. The fourth-order valence-electron chi connectivity index (χ4n) is 8.20. The summed E-state index contributed by atoms with van der Waals surface area (Å²) in [6.45, 7) is 12.2. The number of piperazine rings is 1. The van der Waals surface area contributed by atoms with Gasteiger partial charge in [0.1, 0.15) is 0 Å². The minimum absolute atomic E-state index is 0.134. The van der Waals surface area contributed by atoms with Gasteiger partial charge in [-0.2, -0.15) is 0 Å². The van der Waals surface area contributed by atoms with Gasteiger partial charge in [0.15, 0.2) is 5.96 Å². The third-order valence-electron chi connectivity index (χ3n) is 10.8. The van der Waals surface area contributed by atoms with Crippen molar-refractivity contribution in [1.82, 2.24) is 19.8 Å². The van der Waals surface area contributed by atoms with Crippen LogP contribution >= 0.6 is 0 Å². The highest BCUT2D eigenvalue weighted by Crippen LogP contribution is 2.61. The molecular weight excluding hydrogens is 512 g/mol. The van der Waals surface area contributed by atoms with E-state index in [1.165, 1.54) is 6.42 Å². The zero-order valence-corrected chi connectivity index (χ0v) is 24.5. The van der Waals surface area contributed by atoms with Crippen LogP contribution in [0.1, 0.15) is 57.7 Å². The Bertz CT molecular complexity index is 1560. The molecule has 4 fully saturated rings. The monoisotopic (exact) mass is 554 g/mol. The lowest BCUT2D eigenvalue weighted by molar-refractivity contribution is -0.108. The van der Waals surface area contributed by atoms with Gasteiger partial charge in [-0.25, -0.2) is 9.98 Å². The number of hydrogen-bond donors (Lipinski definition) is 3. The van der Waals surface area contributed by atoms with Gasteiger partial charge < -0.3 is 20.6 Å². The van der Waals surface area contributed by atoms with E-state index in [9.17, 15) is 9.90 Å². The second-order valence-electron chi connectivity index (χ2n) is 13.5. The van der Waals surface area contributed by atoms with Crippen LogP contribution in [-0.4, -0.2) is 63.3 Å². The molecule has 1 saturated heterocycles. The van der Waals surface area contributed by atoms with Gasteiger partial charge in [0.2, 0.25) is 0 Å². The molecule has 7 atom stereocenters. The van der Waals surface area contributed by atoms with Gasteiger partial charge in [0, 0.05) is 37.8 Å². The molecular formula is C33H42N6O2. The summed E-state index contributed by atoms with van der Waals surface area (Å²) in [5, 5.41) is 18.6. The number of aromatic nitrogens is 2. The van der Waals surface area contributed by atoms with Crippen LogP contribution in [0.3, 0.4) is 0 Å². The van der Waals surface area contributed by atoms with E-state index in [4.69, 9.17) is 9.98 Å². The van der Waals surface area contributed by atoms with Crippen molar-refractivity contribution in [2.45, 2.75) is 71.2 Å². The number of anilines is 1. The number of rotatable bonds is 3. The SMILES string of the molecule is C[C@H]1[C@@H](N=C(Nc2ccc3c(=O)n([C@@H]4c5ccccc5C[C@@H]4O)cnc3c2)N2CCN[C@@H](C)C2)C[C@@H]2C[C@@H]1C2(C)C. The maximum atomic E-state index is 13.6. The molecule has 3 saturated carbocycles.